The van der Waals surface area contributed by atoms with E-state index in [0.29, 0.717) is 24.7 Å². The van der Waals surface area contributed by atoms with Gasteiger partial charge in [-0.15, -0.1) is 0 Å². The van der Waals surface area contributed by atoms with Gasteiger partial charge in [0.25, 0.3) is 11.6 Å². The molecule has 1 aromatic carbocycles. The molecule has 0 aromatic heterocycles. The first kappa shape index (κ1) is 15.3. The maximum Gasteiger partial charge on any atom is 0.282 e. The zero-order valence-electron chi connectivity index (χ0n) is 12.2. The number of nitrogens with two attached hydrogens (primary N) is 1. The Balaban J connectivity index is 2.23. The molecule has 1 aromatic rings. The second-order valence-corrected chi connectivity index (χ2v) is 5.53. The average molecular weight is 291 g/mol. The molecular formula is C15H21N3O3. The minimum atomic E-state index is -0.528. The number of benzene rings is 1. The zero-order valence-corrected chi connectivity index (χ0v) is 12.2. The molecule has 0 aliphatic carbocycles. The zero-order chi connectivity index (χ0) is 15.4. The van der Waals surface area contributed by atoms with E-state index in [0.717, 1.165) is 25.7 Å². The number of nitro groups is 1. The largest absolute Gasteiger partial charge is 0.399 e. The van der Waals surface area contributed by atoms with E-state index < -0.39 is 4.92 Å². The molecule has 114 valence electrons. The van der Waals surface area contributed by atoms with Crippen molar-refractivity contribution in [2.75, 3.05) is 18.8 Å². The summed E-state index contributed by atoms with van der Waals surface area (Å²) in [4.78, 5) is 24.9. The Labute approximate surface area is 124 Å². The van der Waals surface area contributed by atoms with Crippen LogP contribution in [0, 0.1) is 16.0 Å². The number of nitrogens with zero attached hydrogens (tertiary/aromatic N) is 2. The highest BCUT2D eigenvalue weighted by molar-refractivity contribution is 5.99. The van der Waals surface area contributed by atoms with Crippen molar-refractivity contribution >= 4 is 17.3 Å². The number of amides is 1. The molecule has 6 nitrogen and oxygen atoms in total. The second-order valence-electron chi connectivity index (χ2n) is 5.53. The van der Waals surface area contributed by atoms with Gasteiger partial charge in [0.1, 0.15) is 5.56 Å². The highest BCUT2D eigenvalue weighted by atomic mass is 16.6. The van der Waals surface area contributed by atoms with Gasteiger partial charge in [0.2, 0.25) is 0 Å². The van der Waals surface area contributed by atoms with Crippen molar-refractivity contribution < 1.29 is 9.72 Å². The first-order valence-electron chi connectivity index (χ1n) is 7.36. The van der Waals surface area contributed by atoms with Gasteiger partial charge in [0.05, 0.1) is 4.92 Å². The molecule has 1 fully saturated rings. The topological polar surface area (TPSA) is 89.5 Å². The summed E-state index contributed by atoms with van der Waals surface area (Å²) in [5, 5.41) is 11.1. The molecule has 6 heteroatoms. The SMILES string of the molecule is CCC1CCCN(C(=O)c2cc(N)ccc2[N+](=O)[O-])CC1. The Bertz CT molecular complexity index is 545. The number of anilines is 1. The fourth-order valence-electron chi connectivity index (χ4n) is 2.83. The van der Waals surface area contributed by atoms with Crippen molar-refractivity contribution in [3.05, 3.63) is 33.9 Å². The van der Waals surface area contributed by atoms with Crippen molar-refractivity contribution in [2.24, 2.45) is 5.92 Å². The first-order chi connectivity index (χ1) is 10.0. The molecule has 1 aliphatic rings. The molecule has 0 spiro atoms. The van der Waals surface area contributed by atoms with Gasteiger partial charge in [-0.1, -0.05) is 13.3 Å². The van der Waals surface area contributed by atoms with Crippen LogP contribution in [0.25, 0.3) is 0 Å². The molecule has 1 heterocycles. The van der Waals surface area contributed by atoms with Gasteiger partial charge in [-0.05, 0) is 37.3 Å². The van der Waals surface area contributed by atoms with Crippen LogP contribution in [0.3, 0.4) is 0 Å². The molecule has 0 bridgehead atoms. The van der Waals surface area contributed by atoms with E-state index >= 15 is 0 Å². The van der Waals surface area contributed by atoms with Crippen molar-refractivity contribution in [2.45, 2.75) is 32.6 Å². The van der Waals surface area contributed by atoms with Gasteiger partial charge in [0, 0.05) is 24.8 Å². The van der Waals surface area contributed by atoms with Crippen LogP contribution in [0.4, 0.5) is 11.4 Å². The lowest BCUT2D eigenvalue weighted by Crippen LogP contribution is -2.32. The summed E-state index contributed by atoms with van der Waals surface area (Å²) in [6.07, 6.45) is 4.12. The van der Waals surface area contributed by atoms with Crippen LogP contribution in [-0.2, 0) is 0 Å². The van der Waals surface area contributed by atoms with Crippen LogP contribution in [0.5, 0.6) is 0 Å². The Morgan fingerprint density at radius 2 is 2.19 bits per heavy atom. The lowest BCUT2D eigenvalue weighted by atomic mass is 9.98. The molecule has 0 saturated carbocycles. The first-order valence-corrected chi connectivity index (χ1v) is 7.36. The monoisotopic (exact) mass is 291 g/mol. The van der Waals surface area contributed by atoms with E-state index in [1.54, 1.807) is 4.90 Å². The maximum atomic E-state index is 12.6. The Morgan fingerprint density at radius 3 is 2.86 bits per heavy atom. The van der Waals surface area contributed by atoms with Crippen molar-refractivity contribution in [1.29, 1.82) is 0 Å². The van der Waals surface area contributed by atoms with Crippen LogP contribution in [0.1, 0.15) is 43.0 Å². The number of hydrogen-bond donors (Lipinski definition) is 1. The quantitative estimate of drug-likeness (QED) is 0.527. The minimum Gasteiger partial charge on any atom is -0.399 e. The van der Waals surface area contributed by atoms with Gasteiger partial charge in [-0.25, -0.2) is 0 Å². The molecule has 2 rings (SSSR count). The lowest BCUT2D eigenvalue weighted by molar-refractivity contribution is -0.385. The Hall–Kier alpha value is -2.11. The van der Waals surface area contributed by atoms with Crippen molar-refractivity contribution in [3.63, 3.8) is 0 Å². The number of nitrogen functional groups attached to an aromatic ring is 1. The summed E-state index contributed by atoms with van der Waals surface area (Å²) < 4.78 is 0. The maximum absolute atomic E-state index is 12.6. The number of nitro benzene ring substituents is 1. The smallest absolute Gasteiger partial charge is 0.282 e. The van der Waals surface area contributed by atoms with E-state index in [1.807, 2.05) is 0 Å². The van der Waals surface area contributed by atoms with Gasteiger partial charge < -0.3 is 10.6 Å². The van der Waals surface area contributed by atoms with Gasteiger partial charge >= 0.3 is 0 Å². The number of carbonyl (C=O) groups is 1. The molecule has 1 amide bonds. The van der Waals surface area contributed by atoms with E-state index in [1.165, 1.54) is 18.2 Å². The van der Waals surface area contributed by atoms with E-state index in [-0.39, 0.29) is 17.2 Å². The molecular weight excluding hydrogens is 270 g/mol. The predicted molar refractivity (Wildman–Crippen MR) is 81.0 cm³/mol. The van der Waals surface area contributed by atoms with Gasteiger partial charge in [-0.3, -0.25) is 14.9 Å². The van der Waals surface area contributed by atoms with Crippen LogP contribution < -0.4 is 5.73 Å². The van der Waals surface area contributed by atoms with Crippen LogP contribution >= 0.6 is 0 Å². The normalized spacial score (nSPS) is 19.1. The summed E-state index contributed by atoms with van der Waals surface area (Å²) in [7, 11) is 0. The highest BCUT2D eigenvalue weighted by Crippen LogP contribution is 2.26. The summed E-state index contributed by atoms with van der Waals surface area (Å²) in [5.41, 5.74) is 5.96. The number of hydrogen-bond acceptors (Lipinski definition) is 4. The number of carbonyl (C=O) groups excluding carboxylic acids is 1. The minimum absolute atomic E-state index is 0.0925. The van der Waals surface area contributed by atoms with E-state index in [2.05, 4.69) is 6.92 Å². The van der Waals surface area contributed by atoms with Crippen LogP contribution in [0.15, 0.2) is 18.2 Å². The number of likely N-dealkylation sites (tertiary alicyclic amines) is 1. The fraction of sp³-hybridized carbons (Fsp3) is 0.533. The molecule has 1 unspecified atom stereocenters. The summed E-state index contributed by atoms with van der Waals surface area (Å²) in [6, 6.07) is 4.16. The second kappa shape index (κ2) is 6.56. The van der Waals surface area contributed by atoms with Gasteiger partial charge in [0.15, 0.2) is 0 Å². The van der Waals surface area contributed by atoms with Crippen molar-refractivity contribution in [3.8, 4) is 0 Å². The third kappa shape index (κ3) is 3.51. The lowest BCUT2D eigenvalue weighted by Gasteiger charge is -2.20. The van der Waals surface area contributed by atoms with Crippen LogP contribution in [-0.4, -0.2) is 28.8 Å². The molecule has 1 saturated heterocycles. The third-order valence-corrected chi connectivity index (χ3v) is 4.16. The standard InChI is InChI=1S/C15H21N3O3/c1-2-11-4-3-8-17(9-7-11)15(19)13-10-12(16)5-6-14(13)18(20)21/h5-6,10-11H,2-4,7-9,16H2,1H3. The Morgan fingerprint density at radius 1 is 1.43 bits per heavy atom. The summed E-state index contributed by atoms with van der Waals surface area (Å²) in [6.45, 7) is 3.47. The average Bonchev–Trinajstić information content (AvgIpc) is 2.71. The molecule has 1 atom stereocenters. The molecule has 21 heavy (non-hydrogen) atoms. The third-order valence-electron chi connectivity index (χ3n) is 4.16. The van der Waals surface area contributed by atoms with Gasteiger partial charge in [-0.2, -0.15) is 0 Å². The predicted octanol–water partition coefficient (Wildman–Crippen LogP) is 2.83. The fourth-order valence-corrected chi connectivity index (χ4v) is 2.83. The summed E-state index contributed by atoms with van der Waals surface area (Å²) in [5.74, 6) is 0.351. The van der Waals surface area contributed by atoms with E-state index in [4.69, 9.17) is 5.73 Å². The molecule has 0 radical (unpaired) electrons. The summed E-state index contributed by atoms with van der Waals surface area (Å²) >= 11 is 0. The molecule has 1 aliphatic heterocycles. The Kier molecular flexibility index (Phi) is 4.77. The van der Waals surface area contributed by atoms with E-state index in [9.17, 15) is 14.9 Å². The van der Waals surface area contributed by atoms with Crippen LogP contribution in [0.2, 0.25) is 0 Å². The number of rotatable bonds is 3. The highest BCUT2D eigenvalue weighted by Gasteiger charge is 2.26. The molecule has 2 N–H and O–H groups in total. The van der Waals surface area contributed by atoms with Crippen molar-refractivity contribution in [1.82, 2.24) is 4.90 Å².